The molecule has 3 aromatic rings. The summed E-state index contributed by atoms with van der Waals surface area (Å²) in [4.78, 5) is 13.1. The zero-order valence-corrected chi connectivity index (χ0v) is 14.4. The number of rotatable bonds is 5. The first-order valence-corrected chi connectivity index (χ1v) is 7.55. The van der Waals surface area contributed by atoms with Crippen molar-refractivity contribution >= 4 is 11.0 Å². The summed E-state index contributed by atoms with van der Waals surface area (Å²) in [6, 6.07) is 10.4. The first kappa shape index (κ1) is 16.7. The summed E-state index contributed by atoms with van der Waals surface area (Å²) in [6.45, 7) is 0. The van der Waals surface area contributed by atoms with E-state index in [2.05, 4.69) is 0 Å². The number of benzene rings is 2. The smallest absolute Gasteiger partial charge is 0.296 e. The molecule has 0 aliphatic rings. The van der Waals surface area contributed by atoms with Crippen molar-refractivity contribution in [2.24, 2.45) is 0 Å². The van der Waals surface area contributed by atoms with E-state index in [4.69, 9.17) is 23.4 Å². The van der Waals surface area contributed by atoms with Crippen LogP contribution in [0.1, 0.15) is 0 Å². The van der Waals surface area contributed by atoms with Gasteiger partial charge in [0.05, 0.1) is 33.8 Å². The van der Waals surface area contributed by atoms with Crippen molar-refractivity contribution in [3.05, 3.63) is 46.6 Å². The molecular formula is C19H18O6. The van der Waals surface area contributed by atoms with Crippen molar-refractivity contribution < 1.29 is 23.4 Å². The van der Waals surface area contributed by atoms with Crippen molar-refractivity contribution in [3.8, 4) is 34.3 Å². The SMILES string of the molecule is COc1ccc(-c2c(OC)oc3ccccc3c2=O)c(OC)c1OC. The lowest BCUT2D eigenvalue weighted by Crippen LogP contribution is -2.09. The molecular weight excluding hydrogens is 324 g/mol. The van der Waals surface area contributed by atoms with Crippen molar-refractivity contribution in [3.63, 3.8) is 0 Å². The molecule has 0 saturated heterocycles. The second-order valence-corrected chi connectivity index (χ2v) is 5.18. The average Bonchev–Trinajstić information content (AvgIpc) is 2.66. The van der Waals surface area contributed by atoms with Crippen LogP contribution in [0.5, 0.6) is 23.2 Å². The molecule has 0 fully saturated rings. The summed E-state index contributed by atoms with van der Waals surface area (Å²) in [5.74, 6) is 1.35. The molecule has 0 saturated carbocycles. The fraction of sp³-hybridized carbons (Fsp3) is 0.211. The molecule has 0 aliphatic carbocycles. The molecule has 1 heterocycles. The second kappa shape index (κ2) is 6.76. The van der Waals surface area contributed by atoms with Gasteiger partial charge in [-0.1, -0.05) is 12.1 Å². The van der Waals surface area contributed by atoms with Crippen molar-refractivity contribution in [1.82, 2.24) is 0 Å². The molecule has 1 aromatic heterocycles. The molecule has 0 N–H and O–H groups in total. The van der Waals surface area contributed by atoms with Crippen molar-refractivity contribution in [2.45, 2.75) is 0 Å². The zero-order chi connectivity index (χ0) is 18.0. The molecule has 0 atom stereocenters. The van der Waals surface area contributed by atoms with E-state index in [9.17, 15) is 4.79 Å². The summed E-state index contributed by atoms with van der Waals surface area (Å²) >= 11 is 0. The number of ether oxygens (including phenoxy) is 4. The topological polar surface area (TPSA) is 67.1 Å². The van der Waals surface area contributed by atoms with E-state index in [-0.39, 0.29) is 16.9 Å². The van der Waals surface area contributed by atoms with Gasteiger partial charge in [-0.15, -0.1) is 0 Å². The highest BCUT2D eigenvalue weighted by Gasteiger charge is 2.24. The zero-order valence-electron chi connectivity index (χ0n) is 14.4. The van der Waals surface area contributed by atoms with Crippen LogP contribution in [0, 0.1) is 0 Å². The first-order chi connectivity index (χ1) is 12.2. The highest BCUT2D eigenvalue weighted by atomic mass is 16.6. The Bertz CT molecular complexity index is 974. The van der Waals surface area contributed by atoms with Crippen LogP contribution < -0.4 is 24.4 Å². The minimum absolute atomic E-state index is 0.106. The van der Waals surface area contributed by atoms with Gasteiger partial charge in [-0.25, -0.2) is 0 Å². The van der Waals surface area contributed by atoms with E-state index in [0.717, 1.165) is 0 Å². The molecule has 0 spiro atoms. The van der Waals surface area contributed by atoms with Gasteiger partial charge in [0, 0.05) is 5.56 Å². The van der Waals surface area contributed by atoms with Gasteiger partial charge in [-0.3, -0.25) is 4.79 Å². The number of hydrogen-bond acceptors (Lipinski definition) is 6. The normalized spacial score (nSPS) is 10.6. The largest absolute Gasteiger partial charge is 0.493 e. The van der Waals surface area contributed by atoms with Crippen LogP contribution in [0.3, 0.4) is 0 Å². The lowest BCUT2D eigenvalue weighted by Gasteiger charge is -2.16. The minimum Gasteiger partial charge on any atom is -0.493 e. The highest BCUT2D eigenvalue weighted by Crippen LogP contribution is 2.45. The van der Waals surface area contributed by atoms with Crippen LogP contribution in [-0.4, -0.2) is 28.4 Å². The summed E-state index contributed by atoms with van der Waals surface area (Å²) in [7, 11) is 5.98. The monoisotopic (exact) mass is 342 g/mol. The van der Waals surface area contributed by atoms with Crippen molar-refractivity contribution in [2.75, 3.05) is 28.4 Å². The Morgan fingerprint density at radius 1 is 0.800 bits per heavy atom. The fourth-order valence-electron chi connectivity index (χ4n) is 2.80. The molecule has 0 amide bonds. The van der Waals surface area contributed by atoms with E-state index in [0.29, 0.717) is 33.8 Å². The molecule has 0 radical (unpaired) electrons. The second-order valence-electron chi connectivity index (χ2n) is 5.18. The van der Waals surface area contributed by atoms with Crippen LogP contribution in [0.2, 0.25) is 0 Å². The van der Waals surface area contributed by atoms with Gasteiger partial charge < -0.3 is 23.4 Å². The summed E-state index contributed by atoms with van der Waals surface area (Å²) < 4.78 is 27.3. The van der Waals surface area contributed by atoms with Gasteiger partial charge in [0.2, 0.25) is 11.2 Å². The maximum Gasteiger partial charge on any atom is 0.296 e. The average molecular weight is 342 g/mol. The number of hydrogen-bond donors (Lipinski definition) is 0. The standard InChI is InChI=1S/C19H18O6/c1-21-14-10-9-12(17(22-2)18(14)23-3)15-16(20)11-7-5-6-8-13(11)25-19(15)24-4/h5-10H,1-4H3. The third kappa shape index (κ3) is 2.65. The van der Waals surface area contributed by atoms with E-state index < -0.39 is 0 Å². The molecule has 130 valence electrons. The highest BCUT2D eigenvalue weighted by molar-refractivity contribution is 5.87. The Hall–Kier alpha value is -3.15. The summed E-state index contributed by atoms with van der Waals surface area (Å²) in [6.07, 6.45) is 0. The minimum atomic E-state index is -0.218. The van der Waals surface area contributed by atoms with Gasteiger partial charge in [-0.05, 0) is 24.3 Å². The van der Waals surface area contributed by atoms with E-state index >= 15 is 0 Å². The summed E-state index contributed by atoms with van der Waals surface area (Å²) in [5.41, 5.74) is 0.993. The van der Waals surface area contributed by atoms with Crippen LogP contribution in [0.4, 0.5) is 0 Å². The Kier molecular flexibility index (Phi) is 4.52. The van der Waals surface area contributed by atoms with Crippen molar-refractivity contribution in [1.29, 1.82) is 0 Å². The predicted octanol–water partition coefficient (Wildman–Crippen LogP) is 3.49. The van der Waals surface area contributed by atoms with Gasteiger partial charge in [0.25, 0.3) is 5.95 Å². The Balaban J connectivity index is 2.40. The maximum atomic E-state index is 13.1. The third-order valence-corrected chi connectivity index (χ3v) is 3.92. The Morgan fingerprint density at radius 3 is 2.16 bits per heavy atom. The molecule has 0 bridgehead atoms. The maximum absolute atomic E-state index is 13.1. The molecule has 3 rings (SSSR count). The predicted molar refractivity (Wildman–Crippen MR) is 94.1 cm³/mol. The molecule has 6 heteroatoms. The molecule has 6 nitrogen and oxygen atoms in total. The van der Waals surface area contributed by atoms with E-state index in [1.165, 1.54) is 28.4 Å². The van der Waals surface area contributed by atoms with Gasteiger partial charge >= 0.3 is 0 Å². The van der Waals surface area contributed by atoms with Crippen LogP contribution in [0.15, 0.2) is 45.6 Å². The molecule has 0 aliphatic heterocycles. The lowest BCUT2D eigenvalue weighted by atomic mass is 10.0. The number of methoxy groups -OCH3 is 4. The Labute approximate surface area is 144 Å². The number of fused-ring (bicyclic) bond motifs is 1. The van der Waals surface area contributed by atoms with Crippen LogP contribution in [0.25, 0.3) is 22.1 Å². The van der Waals surface area contributed by atoms with E-state index in [1.54, 1.807) is 36.4 Å². The fourth-order valence-corrected chi connectivity index (χ4v) is 2.80. The van der Waals surface area contributed by atoms with E-state index in [1.807, 2.05) is 0 Å². The van der Waals surface area contributed by atoms with Gasteiger partial charge in [0.15, 0.2) is 11.5 Å². The third-order valence-electron chi connectivity index (χ3n) is 3.92. The molecule has 2 aromatic carbocycles. The van der Waals surface area contributed by atoms with Crippen LogP contribution in [-0.2, 0) is 0 Å². The lowest BCUT2D eigenvalue weighted by molar-refractivity contribution is 0.310. The number of para-hydroxylation sites is 1. The van der Waals surface area contributed by atoms with Gasteiger partial charge in [-0.2, -0.15) is 0 Å². The summed E-state index contributed by atoms with van der Waals surface area (Å²) in [5, 5.41) is 0.454. The van der Waals surface area contributed by atoms with Gasteiger partial charge in [0.1, 0.15) is 11.1 Å². The molecule has 0 unspecified atom stereocenters. The quantitative estimate of drug-likeness (QED) is 0.707. The molecule has 25 heavy (non-hydrogen) atoms. The Morgan fingerprint density at radius 2 is 1.52 bits per heavy atom. The van der Waals surface area contributed by atoms with Crippen LogP contribution >= 0.6 is 0 Å². The first-order valence-electron chi connectivity index (χ1n) is 7.55.